The van der Waals surface area contributed by atoms with Crippen LogP contribution in [0.5, 0.6) is 5.75 Å². The number of carbonyl (C=O) groups excluding carboxylic acids is 1. The number of hydrogen-bond acceptors (Lipinski definition) is 5. The van der Waals surface area contributed by atoms with Gasteiger partial charge < -0.3 is 10.1 Å². The lowest BCUT2D eigenvalue weighted by molar-refractivity contribution is -0.120. The van der Waals surface area contributed by atoms with Gasteiger partial charge >= 0.3 is 0 Å². The molecule has 3 rings (SSSR count). The molecule has 28 heavy (non-hydrogen) atoms. The Morgan fingerprint density at radius 2 is 2.00 bits per heavy atom. The number of carbonyl (C=O) groups is 1. The number of amides is 1. The van der Waals surface area contributed by atoms with Crippen molar-refractivity contribution in [1.29, 1.82) is 0 Å². The first kappa shape index (κ1) is 20.1. The number of rotatable bonds is 9. The van der Waals surface area contributed by atoms with E-state index in [1.165, 1.54) is 16.9 Å². The van der Waals surface area contributed by atoms with Gasteiger partial charge in [0.25, 0.3) is 0 Å². The number of thiazole rings is 1. The summed E-state index contributed by atoms with van der Waals surface area (Å²) in [5.41, 5.74) is 4.15. The fourth-order valence-electron chi connectivity index (χ4n) is 2.86. The maximum absolute atomic E-state index is 12.1. The molecule has 3 aromatic rings. The highest BCUT2D eigenvalue weighted by atomic mass is 32.1. The largest absolute Gasteiger partial charge is 0.486 e. The smallest absolute Gasteiger partial charge is 0.226 e. The van der Waals surface area contributed by atoms with Crippen LogP contribution in [0.1, 0.15) is 34.1 Å². The molecule has 0 aliphatic carbocycles. The molecule has 0 bridgehead atoms. The minimum atomic E-state index is -0.00956. The quantitative estimate of drug-likeness (QED) is 0.559. The summed E-state index contributed by atoms with van der Waals surface area (Å²) in [5, 5.41) is 10.2. The molecule has 0 atom stereocenters. The molecule has 7 heteroatoms. The molecule has 0 aliphatic heterocycles. The fourth-order valence-corrected chi connectivity index (χ4v) is 3.57. The lowest BCUT2D eigenvalue weighted by Crippen LogP contribution is -2.27. The maximum Gasteiger partial charge on any atom is 0.226 e. The van der Waals surface area contributed by atoms with Crippen molar-refractivity contribution >= 4 is 17.2 Å². The van der Waals surface area contributed by atoms with E-state index in [4.69, 9.17) is 4.74 Å². The Balaban J connectivity index is 1.37. The van der Waals surface area contributed by atoms with E-state index in [1.54, 1.807) is 0 Å². The van der Waals surface area contributed by atoms with Gasteiger partial charge in [-0.1, -0.05) is 17.7 Å². The van der Waals surface area contributed by atoms with Crippen LogP contribution in [-0.4, -0.2) is 27.2 Å². The van der Waals surface area contributed by atoms with E-state index in [9.17, 15) is 4.79 Å². The lowest BCUT2D eigenvalue weighted by Gasteiger charge is -2.06. The van der Waals surface area contributed by atoms with Gasteiger partial charge in [-0.3, -0.25) is 9.48 Å². The van der Waals surface area contributed by atoms with Gasteiger partial charge in [-0.25, -0.2) is 4.98 Å². The molecule has 1 N–H and O–H groups in total. The van der Waals surface area contributed by atoms with E-state index in [2.05, 4.69) is 21.5 Å². The number of nitrogens with one attached hydrogen (secondary N) is 1. The standard InChI is InChI=1S/C21H26N4O2S/c1-15-5-7-19(8-6-15)27-13-21-23-18(14-28-21)12-20(26)22-9-4-10-25-17(3)11-16(2)24-25/h5-8,11,14H,4,9-10,12-13H2,1-3H3,(H,22,26). The SMILES string of the molecule is Cc1ccc(OCc2nc(CC(=O)NCCCn3nc(C)cc3C)cs2)cc1. The topological polar surface area (TPSA) is 69.0 Å². The zero-order valence-corrected chi connectivity index (χ0v) is 17.4. The number of aromatic nitrogens is 3. The van der Waals surface area contributed by atoms with E-state index in [0.29, 0.717) is 19.6 Å². The van der Waals surface area contributed by atoms with Crippen LogP contribution in [0, 0.1) is 20.8 Å². The molecule has 0 fully saturated rings. The summed E-state index contributed by atoms with van der Waals surface area (Å²) in [6.45, 7) is 7.92. The molecule has 0 saturated heterocycles. The molecule has 0 saturated carbocycles. The van der Waals surface area contributed by atoms with Crippen LogP contribution in [0.25, 0.3) is 0 Å². The summed E-state index contributed by atoms with van der Waals surface area (Å²) in [6.07, 6.45) is 1.14. The Labute approximate surface area is 169 Å². The first-order valence-corrected chi connectivity index (χ1v) is 10.3. The fraction of sp³-hybridized carbons (Fsp3) is 0.381. The Morgan fingerprint density at radius 1 is 1.21 bits per heavy atom. The Hall–Kier alpha value is -2.67. The van der Waals surface area contributed by atoms with Crippen molar-refractivity contribution < 1.29 is 9.53 Å². The molecule has 6 nitrogen and oxygen atoms in total. The summed E-state index contributed by atoms with van der Waals surface area (Å²) < 4.78 is 7.71. The van der Waals surface area contributed by atoms with E-state index in [-0.39, 0.29) is 5.91 Å². The normalized spacial score (nSPS) is 10.8. The van der Waals surface area contributed by atoms with Crippen molar-refractivity contribution in [3.8, 4) is 5.75 Å². The molecule has 0 unspecified atom stereocenters. The first-order chi connectivity index (χ1) is 13.5. The second-order valence-electron chi connectivity index (χ2n) is 6.86. The Morgan fingerprint density at radius 3 is 2.71 bits per heavy atom. The predicted octanol–water partition coefficient (Wildman–Crippen LogP) is 3.59. The van der Waals surface area contributed by atoms with Crippen LogP contribution < -0.4 is 10.1 Å². The molecule has 0 spiro atoms. The number of ether oxygens (including phenoxy) is 1. The lowest BCUT2D eigenvalue weighted by atomic mass is 10.2. The average Bonchev–Trinajstić information content (AvgIpc) is 3.24. The molecule has 0 aliphatic rings. The number of nitrogens with zero attached hydrogens (tertiary/aromatic N) is 3. The van der Waals surface area contributed by atoms with Crippen molar-refractivity contribution in [1.82, 2.24) is 20.1 Å². The molecule has 2 aromatic heterocycles. The maximum atomic E-state index is 12.1. The minimum Gasteiger partial charge on any atom is -0.486 e. The zero-order chi connectivity index (χ0) is 19.9. The molecule has 0 radical (unpaired) electrons. The van der Waals surface area contributed by atoms with Crippen LogP contribution >= 0.6 is 11.3 Å². The molecule has 2 heterocycles. The van der Waals surface area contributed by atoms with E-state index in [0.717, 1.165) is 40.8 Å². The van der Waals surface area contributed by atoms with Crippen LogP contribution in [0.3, 0.4) is 0 Å². The highest BCUT2D eigenvalue weighted by molar-refractivity contribution is 7.09. The van der Waals surface area contributed by atoms with Gasteiger partial charge in [0.15, 0.2) is 0 Å². The molecule has 1 aromatic carbocycles. The van der Waals surface area contributed by atoms with Crippen LogP contribution in [0.2, 0.25) is 0 Å². The second kappa shape index (κ2) is 9.50. The summed E-state index contributed by atoms with van der Waals surface area (Å²) in [5.74, 6) is 0.812. The molecular weight excluding hydrogens is 372 g/mol. The molecule has 148 valence electrons. The van der Waals surface area contributed by atoms with Crippen molar-refractivity contribution in [3.05, 3.63) is 63.4 Å². The Kier molecular flexibility index (Phi) is 6.81. The van der Waals surface area contributed by atoms with Gasteiger partial charge in [0.2, 0.25) is 5.91 Å². The minimum absolute atomic E-state index is 0.00956. The predicted molar refractivity (Wildman–Crippen MR) is 111 cm³/mol. The van der Waals surface area contributed by atoms with Gasteiger partial charge in [-0.05, 0) is 45.4 Å². The third-order valence-electron chi connectivity index (χ3n) is 4.30. The highest BCUT2D eigenvalue weighted by Crippen LogP contribution is 2.16. The third kappa shape index (κ3) is 5.92. The summed E-state index contributed by atoms with van der Waals surface area (Å²) in [7, 11) is 0. The average molecular weight is 399 g/mol. The number of hydrogen-bond donors (Lipinski definition) is 1. The van der Waals surface area contributed by atoms with E-state index < -0.39 is 0 Å². The van der Waals surface area contributed by atoms with Crippen molar-refractivity contribution in [2.24, 2.45) is 0 Å². The first-order valence-electron chi connectivity index (χ1n) is 9.40. The van der Waals surface area contributed by atoms with Gasteiger partial charge in [-0.15, -0.1) is 11.3 Å². The van der Waals surface area contributed by atoms with Crippen molar-refractivity contribution in [3.63, 3.8) is 0 Å². The summed E-state index contributed by atoms with van der Waals surface area (Å²) in [6, 6.07) is 9.98. The molecule has 1 amide bonds. The summed E-state index contributed by atoms with van der Waals surface area (Å²) in [4.78, 5) is 16.6. The second-order valence-corrected chi connectivity index (χ2v) is 7.81. The van der Waals surface area contributed by atoms with E-state index in [1.807, 2.05) is 55.1 Å². The van der Waals surface area contributed by atoms with Gasteiger partial charge in [0.05, 0.1) is 17.8 Å². The molecular formula is C21H26N4O2S. The Bertz CT molecular complexity index is 915. The van der Waals surface area contributed by atoms with Gasteiger partial charge in [0, 0.05) is 24.2 Å². The van der Waals surface area contributed by atoms with Crippen LogP contribution in [0.15, 0.2) is 35.7 Å². The van der Waals surface area contributed by atoms with Crippen molar-refractivity contribution in [2.45, 2.75) is 46.8 Å². The van der Waals surface area contributed by atoms with Crippen LogP contribution in [-0.2, 0) is 24.4 Å². The monoisotopic (exact) mass is 398 g/mol. The highest BCUT2D eigenvalue weighted by Gasteiger charge is 2.08. The van der Waals surface area contributed by atoms with Crippen molar-refractivity contribution in [2.75, 3.05) is 6.54 Å². The van der Waals surface area contributed by atoms with Crippen LogP contribution in [0.4, 0.5) is 0 Å². The van der Waals surface area contributed by atoms with Gasteiger partial charge in [0.1, 0.15) is 17.4 Å². The number of benzene rings is 1. The van der Waals surface area contributed by atoms with E-state index >= 15 is 0 Å². The number of aryl methyl sites for hydroxylation is 4. The summed E-state index contributed by atoms with van der Waals surface area (Å²) >= 11 is 1.52. The zero-order valence-electron chi connectivity index (χ0n) is 16.6. The third-order valence-corrected chi connectivity index (χ3v) is 5.17. The van der Waals surface area contributed by atoms with Gasteiger partial charge in [-0.2, -0.15) is 5.10 Å².